The SMILES string of the molecule is C.CCC(CC)CC1(C(=O)Nc2ccccc2SSc2ccccc2NC(=O)C2(CC(CC)CC)CCCCC2)CCCCC1. The molecule has 2 saturated carbocycles. The molecule has 6 heteroatoms. The highest BCUT2D eigenvalue weighted by Gasteiger charge is 2.42. The second-order valence-corrected chi connectivity index (χ2v) is 15.7. The molecule has 45 heavy (non-hydrogen) atoms. The van der Waals surface area contributed by atoms with Crippen LogP contribution in [0.2, 0.25) is 0 Å². The highest BCUT2D eigenvalue weighted by molar-refractivity contribution is 8.76. The molecule has 4 rings (SSSR count). The summed E-state index contributed by atoms with van der Waals surface area (Å²) in [5.41, 5.74) is 1.25. The van der Waals surface area contributed by atoms with E-state index in [2.05, 4.69) is 50.5 Å². The van der Waals surface area contributed by atoms with Crippen molar-refractivity contribution >= 4 is 44.8 Å². The summed E-state index contributed by atoms with van der Waals surface area (Å²) in [6.45, 7) is 9.03. The molecule has 2 aromatic rings. The number of nitrogens with one attached hydrogen (secondary N) is 2. The second kappa shape index (κ2) is 18.4. The van der Waals surface area contributed by atoms with E-state index in [1.165, 1.54) is 12.8 Å². The molecule has 0 heterocycles. The van der Waals surface area contributed by atoms with Crippen LogP contribution in [0.4, 0.5) is 11.4 Å². The summed E-state index contributed by atoms with van der Waals surface area (Å²) in [5, 5.41) is 6.78. The van der Waals surface area contributed by atoms with Crippen LogP contribution in [0.1, 0.15) is 138 Å². The molecule has 2 amide bonds. The molecule has 0 aliphatic heterocycles. The van der Waals surface area contributed by atoms with E-state index in [9.17, 15) is 9.59 Å². The third kappa shape index (κ3) is 9.79. The van der Waals surface area contributed by atoms with Gasteiger partial charge in [-0.05, 0) is 74.6 Å². The highest BCUT2D eigenvalue weighted by Crippen LogP contribution is 2.48. The minimum atomic E-state index is -0.264. The highest BCUT2D eigenvalue weighted by atomic mass is 33.1. The lowest BCUT2D eigenvalue weighted by atomic mass is 9.67. The van der Waals surface area contributed by atoms with Crippen molar-refractivity contribution in [3.05, 3.63) is 48.5 Å². The molecule has 0 aromatic heterocycles. The zero-order chi connectivity index (χ0) is 31.4. The number of hydrogen-bond acceptors (Lipinski definition) is 4. The van der Waals surface area contributed by atoms with Crippen molar-refractivity contribution in [3.63, 3.8) is 0 Å². The fourth-order valence-corrected chi connectivity index (χ4v) is 9.93. The topological polar surface area (TPSA) is 58.2 Å². The van der Waals surface area contributed by atoms with Gasteiger partial charge in [0, 0.05) is 20.6 Å². The number of anilines is 2. The molecule has 4 nitrogen and oxygen atoms in total. The number of carbonyl (C=O) groups excluding carboxylic acids is 2. The molecule has 0 atom stereocenters. The Bertz CT molecular complexity index is 1100. The summed E-state index contributed by atoms with van der Waals surface area (Å²) >= 11 is 0. The van der Waals surface area contributed by atoms with Crippen molar-refractivity contribution in [1.82, 2.24) is 0 Å². The third-order valence-corrected chi connectivity index (χ3v) is 13.2. The summed E-state index contributed by atoms with van der Waals surface area (Å²) in [7, 11) is 3.31. The van der Waals surface area contributed by atoms with E-state index in [0.717, 1.165) is 111 Å². The zero-order valence-electron chi connectivity index (χ0n) is 27.7. The molecule has 2 aliphatic carbocycles. The smallest absolute Gasteiger partial charge is 0.230 e. The monoisotopic (exact) mass is 652 g/mol. The van der Waals surface area contributed by atoms with Crippen LogP contribution in [0.3, 0.4) is 0 Å². The second-order valence-electron chi connectivity index (χ2n) is 13.5. The first kappa shape index (κ1) is 37.5. The quantitative estimate of drug-likeness (QED) is 0.188. The fourth-order valence-electron chi connectivity index (χ4n) is 7.65. The lowest BCUT2D eigenvalue weighted by Crippen LogP contribution is -2.39. The van der Waals surface area contributed by atoms with Gasteiger partial charge >= 0.3 is 0 Å². The van der Waals surface area contributed by atoms with Gasteiger partial charge < -0.3 is 10.6 Å². The van der Waals surface area contributed by atoms with Crippen LogP contribution in [-0.4, -0.2) is 11.8 Å². The molecular formula is C39H60N2O2S2. The molecule has 0 spiro atoms. The maximum absolute atomic E-state index is 14.0. The van der Waals surface area contributed by atoms with Gasteiger partial charge in [-0.25, -0.2) is 0 Å². The van der Waals surface area contributed by atoms with Crippen LogP contribution in [0.15, 0.2) is 58.3 Å². The predicted molar refractivity (Wildman–Crippen MR) is 197 cm³/mol. The summed E-state index contributed by atoms with van der Waals surface area (Å²) in [6, 6.07) is 16.4. The van der Waals surface area contributed by atoms with E-state index in [1.54, 1.807) is 21.6 Å². The number of para-hydroxylation sites is 2. The Hall–Kier alpha value is -1.92. The van der Waals surface area contributed by atoms with Crippen molar-refractivity contribution < 1.29 is 9.59 Å². The molecule has 0 unspecified atom stereocenters. The zero-order valence-corrected chi connectivity index (χ0v) is 29.4. The molecule has 2 fully saturated rings. The van der Waals surface area contributed by atoms with Gasteiger partial charge in [0.1, 0.15) is 0 Å². The first-order valence-electron chi connectivity index (χ1n) is 17.5. The average Bonchev–Trinajstić information content (AvgIpc) is 3.07. The average molecular weight is 653 g/mol. The van der Waals surface area contributed by atoms with Crippen LogP contribution < -0.4 is 10.6 Å². The van der Waals surface area contributed by atoms with E-state index in [0.29, 0.717) is 11.8 Å². The minimum absolute atomic E-state index is 0. The molecule has 0 bridgehead atoms. The third-order valence-electron chi connectivity index (χ3n) is 10.7. The number of amides is 2. The number of hydrogen-bond donors (Lipinski definition) is 2. The van der Waals surface area contributed by atoms with Crippen molar-refractivity contribution in [1.29, 1.82) is 0 Å². The van der Waals surface area contributed by atoms with Gasteiger partial charge in [0.15, 0.2) is 0 Å². The van der Waals surface area contributed by atoms with Crippen molar-refractivity contribution in [2.45, 2.75) is 148 Å². The Morgan fingerprint density at radius 1 is 0.600 bits per heavy atom. The van der Waals surface area contributed by atoms with Crippen LogP contribution in [-0.2, 0) is 9.59 Å². The van der Waals surface area contributed by atoms with Gasteiger partial charge in [-0.2, -0.15) is 0 Å². The summed E-state index contributed by atoms with van der Waals surface area (Å²) in [6.07, 6.45) is 17.5. The first-order valence-corrected chi connectivity index (χ1v) is 19.7. The minimum Gasteiger partial charge on any atom is -0.325 e. The maximum Gasteiger partial charge on any atom is 0.230 e. The maximum atomic E-state index is 14.0. The Balaban J connectivity index is 0.00000552. The molecule has 2 aliphatic rings. The molecule has 0 radical (unpaired) electrons. The molecule has 0 saturated heterocycles. The molecule has 2 N–H and O–H groups in total. The summed E-state index contributed by atoms with van der Waals surface area (Å²) in [5.74, 6) is 1.58. The van der Waals surface area contributed by atoms with E-state index in [4.69, 9.17) is 0 Å². The van der Waals surface area contributed by atoms with E-state index in [-0.39, 0.29) is 30.1 Å². The Kier molecular flexibility index (Phi) is 15.4. The lowest BCUT2D eigenvalue weighted by Gasteiger charge is -2.38. The van der Waals surface area contributed by atoms with Crippen LogP contribution >= 0.6 is 21.6 Å². The van der Waals surface area contributed by atoms with Gasteiger partial charge in [-0.15, -0.1) is 0 Å². The van der Waals surface area contributed by atoms with E-state index < -0.39 is 0 Å². The van der Waals surface area contributed by atoms with Gasteiger partial charge in [-0.3, -0.25) is 9.59 Å². The molecule has 250 valence electrons. The van der Waals surface area contributed by atoms with E-state index >= 15 is 0 Å². The van der Waals surface area contributed by atoms with E-state index in [1.807, 2.05) is 36.4 Å². The Labute approximate surface area is 282 Å². The summed E-state index contributed by atoms with van der Waals surface area (Å²) < 4.78 is 0. The predicted octanol–water partition coefficient (Wildman–Crippen LogP) is 12.6. The van der Waals surface area contributed by atoms with Crippen molar-refractivity contribution in [3.8, 4) is 0 Å². The van der Waals surface area contributed by atoms with Crippen molar-refractivity contribution in [2.24, 2.45) is 22.7 Å². The Morgan fingerprint density at radius 3 is 1.27 bits per heavy atom. The van der Waals surface area contributed by atoms with Crippen LogP contribution in [0.5, 0.6) is 0 Å². The number of rotatable bonds is 15. The Morgan fingerprint density at radius 2 is 0.933 bits per heavy atom. The fraction of sp³-hybridized carbons (Fsp3) is 0.641. The molecule has 2 aromatic carbocycles. The van der Waals surface area contributed by atoms with Gasteiger partial charge in [0.05, 0.1) is 11.4 Å². The normalized spacial score (nSPS) is 17.5. The standard InChI is InChI=1S/C38H56N2O2S2.CH4/c1-5-29(6-2)27-37(23-15-9-16-24-37)35(41)39-31-19-11-13-21-33(31)43-44-34-22-14-12-20-32(34)40-36(42)38(25-17-10-18-26-38)28-30(7-3)8-4;/h11-14,19-22,29-30H,5-10,15-18,23-28H2,1-4H3,(H,39,41)(H,40,42);1H4. The largest absolute Gasteiger partial charge is 0.325 e. The van der Waals surface area contributed by atoms with Crippen LogP contribution in [0, 0.1) is 22.7 Å². The van der Waals surface area contributed by atoms with Crippen LogP contribution in [0.25, 0.3) is 0 Å². The number of carbonyl (C=O) groups is 2. The van der Waals surface area contributed by atoms with Gasteiger partial charge in [0.2, 0.25) is 11.8 Å². The number of benzene rings is 2. The van der Waals surface area contributed by atoms with Gasteiger partial charge in [-0.1, -0.05) is 145 Å². The van der Waals surface area contributed by atoms with Gasteiger partial charge in [0.25, 0.3) is 0 Å². The van der Waals surface area contributed by atoms with Crippen molar-refractivity contribution in [2.75, 3.05) is 10.6 Å². The summed E-state index contributed by atoms with van der Waals surface area (Å²) in [4.78, 5) is 30.0. The molecular weight excluding hydrogens is 593 g/mol. The lowest BCUT2D eigenvalue weighted by molar-refractivity contribution is -0.129. The first-order chi connectivity index (χ1) is 21.4.